The summed E-state index contributed by atoms with van der Waals surface area (Å²) in [6, 6.07) is 31.8. The molecule has 0 bridgehead atoms. The van der Waals surface area contributed by atoms with Gasteiger partial charge in [0.15, 0.2) is 6.10 Å². The molecule has 0 aliphatic carbocycles. The summed E-state index contributed by atoms with van der Waals surface area (Å²) in [7, 11) is 0. The van der Waals surface area contributed by atoms with E-state index in [9.17, 15) is 14.4 Å². The number of carbonyl (C=O) groups excluding carboxylic acids is 3. The van der Waals surface area contributed by atoms with Gasteiger partial charge in [0.1, 0.15) is 11.7 Å². The van der Waals surface area contributed by atoms with Gasteiger partial charge in [-0.25, -0.2) is 14.8 Å². The topological polar surface area (TPSA) is 76.2 Å². The van der Waals surface area contributed by atoms with E-state index in [-0.39, 0.29) is 11.8 Å². The molecule has 2 heterocycles. The highest BCUT2D eigenvalue weighted by molar-refractivity contribution is 6.23. The minimum atomic E-state index is -0.954. The first kappa shape index (κ1) is 23.6. The lowest BCUT2D eigenvalue weighted by Gasteiger charge is -2.28. The van der Waals surface area contributed by atoms with Crippen LogP contribution < -0.4 is 14.7 Å². The largest absolute Gasteiger partial charge is 0.423 e. The van der Waals surface area contributed by atoms with Crippen molar-refractivity contribution < 1.29 is 24.0 Å². The molecule has 6 rings (SSSR count). The molecule has 2 aliphatic rings. The Balaban J connectivity index is 1.32. The first-order valence-electron chi connectivity index (χ1n) is 12.3. The van der Waals surface area contributed by atoms with E-state index < -0.39 is 24.0 Å². The molecule has 0 aromatic heterocycles. The van der Waals surface area contributed by atoms with Gasteiger partial charge in [-0.3, -0.25) is 14.4 Å². The van der Waals surface area contributed by atoms with Crippen LogP contribution in [0.3, 0.4) is 0 Å². The molecule has 2 aliphatic heterocycles. The minimum absolute atomic E-state index is 0.313. The number of carbonyl (C=O) groups is 3. The normalized spacial score (nSPS) is 20.5. The summed E-state index contributed by atoms with van der Waals surface area (Å²) in [6.07, 6.45) is -0.954. The van der Waals surface area contributed by atoms with Crippen LogP contribution in [0.25, 0.3) is 0 Å². The number of amides is 2. The number of esters is 1. The van der Waals surface area contributed by atoms with Crippen LogP contribution in [0.4, 0.5) is 11.4 Å². The van der Waals surface area contributed by atoms with Gasteiger partial charge in [-0.05, 0) is 61.0 Å². The van der Waals surface area contributed by atoms with Crippen molar-refractivity contribution in [2.75, 3.05) is 9.96 Å². The molecule has 2 amide bonds. The Morgan fingerprint density at radius 2 is 1.37 bits per heavy atom. The molecular weight excluding hydrogens is 480 g/mol. The van der Waals surface area contributed by atoms with E-state index in [1.807, 2.05) is 55.5 Å². The summed E-state index contributed by atoms with van der Waals surface area (Å²) in [5.74, 6) is -1.53. The van der Waals surface area contributed by atoms with E-state index in [0.29, 0.717) is 17.0 Å². The highest BCUT2D eigenvalue weighted by atomic mass is 16.7. The predicted molar refractivity (Wildman–Crippen MR) is 142 cm³/mol. The Kier molecular flexibility index (Phi) is 5.98. The average Bonchev–Trinajstić information content (AvgIpc) is 3.46. The summed E-state index contributed by atoms with van der Waals surface area (Å²) in [5, 5.41) is 1.64. The van der Waals surface area contributed by atoms with Crippen molar-refractivity contribution in [2.24, 2.45) is 5.92 Å². The molecule has 4 aromatic rings. The number of para-hydroxylation sites is 1. The quantitative estimate of drug-likeness (QED) is 0.210. The highest BCUT2D eigenvalue weighted by Gasteiger charge is 2.60. The zero-order chi connectivity index (χ0) is 26.2. The number of anilines is 2. The van der Waals surface area contributed by atoms with Gasteiger partial charge < -0.3 is 4.74 Å². The lowest BCUT2D eigenvalue weighted by molar-refractivity contribution is -0.126. The first-order valence-corrected chi connectivity index (χ1v) is 12.3. The lowest BCUT2D eigenvalue weighted by Crippen LogP contribution is -2.37. The molecule has 0 N–H and O–H groups in total. The van der Waals surface area contributed by atoms with Crippen molar-refractivity contribution in [1.29, 1.82) is 0 Å². The third-order valence-electron chi connectivity index (χ3n) is 6.86. The smallest absolute Gasteiger partial charge is 0.343 e. The van der Waals surface area contributed by atoms with Crippen molar-refractivity contribution >= 4 is 29.2 Å². The summed E-state index contributed by atoms with van der Waals surface area (Å²) in [4.78, 5) is 47.1. The van der Waals surface area contributed by atoms with Crippen molar-refractivity contribution in [2.45, 2.75) is 19.1 Å². The molecule has 0 unspecified atom stereocenters. The van der Waals surface area contributed by atoms with Crippen LogP contribution in [0.2, 0.25) is 0 Å². The van der Waals surface area contributed by atoms with Crippen LogP contribution >= 0.6 is 0 Å². The molecule has 188 valence electrons. The van der Waals surface area contributed by atoms with E-state index in [1.165, 1.54) is 4.90 Å². The molecule has 4 aromatic carbocycles. The van der Waals surface area contributed by atoms with E-state index in [0.717, 1.165) is 16.8 Å². The number of hydroxylamine groups is 1. The minimum Gasteiger partial charge on any atom is -0.423 e. The van der Waals surface area contributed by atoms with Crippen LogP contribution in [0.15, 0.2) is 109 Å². The van der Waals surface area contributed by atoms with Crippen LogP contribution in [-0.2, 0) is 14.4 Å². The Labute approximate surface area is 219 Å². The van der Waals surface area contributed by atoms with Crippen LogP contribution in [0.1, 0.15) is 27.5 Å². The van der Waals surface area contributed by atoms with Gasteiger partial charge in [0.25, 0.3) is 5.91 Å². The van der Waals surface area contributed by atoms with Crippen molar-refractivity contribution in [3.8, 4) is 5.75 Å². The van der Waals surface area contributed by atoms with Gasteiger partial charge >= 0.3 is 5.97 Å². The molecule has 7 heteroatoms. The maximum atomic E-state index is 13.7. The molecular formula is C31H24N2O5. The standard InChI is InChI=1S/C31H24N2O5/c1-20-12-16-23(17-13-20)32-29(34)26-27(33(38-28(26)30(32)35)24-10-6-3-7-11-24)21-14-18-25(19-15-21)37-31(36)22-8-4-2-5-9-22/h2-19,26-28H,1H3/t26-,27+,28-/m1/s1. The second kappa shape index (κ2) is 9.61. The van der Waals surface area contributed by atoms with E-state index in [4.69, 9.17) is 9.57 Å². The maximum Gasteiger partial charge on any atom is 0.343 e. The van der Waals surface area contributed by atoms with Crippen molar-refractivity contribution in [3.63, 3.8) is 0 Å². The van der Waals surface area contributed by atoms with Gasteiger partial charge in [-0.1, -0.05) is 66.2 Å². The fraction of sp³-hybridized carbons (Fsp3) is 0.129. The lowest BCUT2D eigenvalue weighted by atomic mass is 9.90. The second-order valence-corrected chi connectivity index (χ2v) is 9.33. The molecule has 2 saturated heterocycles. The Morgan fingerprint density at radius 1 is 0.737 bits per heavy atom. The number of imide groups is 1. The van der Waals surface area contributed by atoms with E-state index >= 15 is 0 Å². The Bertz CT molecular complexity index is 1490. The first-order chi connectivity index (χ1) is 18.5. The number of ether oxygens (including phenoxy) is 1. The number of aryl methyl sites for hydroxylation is 1. The van der Waals surface area contributed by atoms with Crippen molar-refractivity contribution in [1.82, 2.24) is 0 Å². The third-order valence-corrected chi connectivity index (χ3v) is 6.86. The number of hydrogen-bond donors (Lipinski definition) is 0. The molecule has 0 radical (unpaired) electrons. The number of fused-ring (bicyclic) bond motifs is 1. The zero-order valence-corrected chi connectivity index (χ0v) is 20.6. The van der Waals surface area contributed by atoms with E-state index in [2.05, 4.69) is 0 Å². The number of nitrogens with zero attached hydrogens (tertiary/aromatic N) is 2. The van der Waals surface area contributed by atoms with Gasteiger partial charge in [0, 0.05) is 0 Å². The molecule has 38 heavy (non-hydrogen) atoms. The SMILES string of the molecule is Cc1ccc(N2C(=O)[C@H]3[C@@H](ON(c4ccccc4)[C@H]3c3ccc(OC(=O)c4ccccc4)cc3)C2=O)cc1. The molecule has 0 saturated carbocycles. The number of hydrogen-bond acceptors (Lipinski definition) is 6. The van der Waals surface area contributed by atoms with Gasteiger partial charge in [-0.2, -0.15) is 0 Å². The molecule has 0 spiro atoms. The molecule has 3 atom stereocenters. The maximum absolute atomic E-state index is 13.7. The summed E-state index contributed by atoms with van der Waals surface area (Å²) in [5.41, 5.74) is 3.49. The summed E-state index contributed by atoms with van der Waals surface area (Å²) < 4.78 is 5.53. The fourth-order valence-electron chi connectivity index (χ4n) is 4.97. The van der Waals surface area contributed by atoms with E-state index in [1.54, 1.807) is 65.7 Å². The van der Waals surface area contributed by atoms with Crippen LogP contribution in [0, 0.1) is 12.8 Å². The average molecular weight is 505 g/mol. The molecule has 2 fully saturated rings. The predicted octanol–water partition coefficient (Wildman–Crippen LogP) is 5.27. The van der Waals surface area contributed by atoms with Crippen molar-refractivity contribution in [3.05, 3.63) is 126 Å². The number of rotatable bonds is 5. The van der Waals surface area contributed by atoms with Crippen LogP contribution in [-0.4, -0.2) is 23.9 Å². The van der Waals surface area contributed by atoms with Gasteiger partial charge in [0.2, 0.25) is 5.91 Å². The number of benzene rings is 4. The summed E-state index contributed by atoms with van der Waals surface area (Å²) >= 11 is 0. The second-order valence-electron chi connectivity index (χ2n) is 9.33. The zero-order valence-electron chi connectivity index (χ0n) is 20.6. The third kappa shape index (κ3) is 4.13. The fourth-order valence-corrected chi connectivity index (χ4v) is 4.97. The highest BCUT2D eigenvalue weighted by Crippen LogP contribution is 2.47. The van der Waals surface area contributed by atoms with Gasteiger partial charge in [0.05, 0.1) is 23.0 Å². The Hall–Kier alpha value is -4.75. The molecule has 7 nitrogen and oxygen atoms in total. The Morgan fingerprint density at radius 3 is 2.03 bits per heavy atom. The summed E-state index contributed by atoms with van der Waals surface area (Å²) in [6.45, 7) is 1.95. The van der Waals surface area contributed by atoms with Gasteiger partial charge in [-0.15, -0.1) is 0 Å². The monoisotopic (exact) mass is 504 g/mol. The van der Waals surface area contributed by atoms with Crippen LogP contribution in [0.5, 0.6) is 5.75 Å².